The molecule has 1 aliphatic heterocycles. The maximum atomic E-state index is 13.7. The minimum absolute atomic E-state index is 0.0133. The Kier molecular flexibility index (Phi) is 4.01. The fraction of sp³-hybridized carbons (Fsp3) is 0.588. The first-order valence-electron chi connectivity index (χ1n) is 8.15. The van der Waals surface area contributed by atoms with Crippen LogP contribution in [0.25, 0.3) is 0 Å². The number of rotatable bonds is 3. The molecule has 3 rings (SSSR count). The quantitative estimate of drug-likeness (QED) is 0.872. The number of nitrogens with one attached hydrogen (secondary N) is 1. The second-order valence-electron chi connectivity index (χ2n) is 7.44. The first-order valence-corrected chi connectivity index (χ1v) is 8.15. The highest BCUT2D eigenvalue weighted by Crippen LogP contribution is 2.37. The molecule has 2 fully saturated rings. The number of benzene rings is 1. The number of carbonyl (C=O) groups excluding carboxylic acids is 1. The molecule has 1 N–H and O–H groups in total. The molecule has 0 radical (unpaired) electrons. The molecule has 1 saturated heterocycles. The summed E-state index contributed by atoms with van der Waals surface area (Å²) in [7, 11) is -0.701. The van der Waals surface area contributed by atoms with E-state index in [4.69, 9.17) is 9.31 Å². The van der Waals surface area contributed by atoms with Crippen molar-refractivity contribution in [1.82, 2.24) is 0 Å². The molecular formula is C17H23BFNO3. The van der Waals surface area contributed by atoms with E-state index < -0.39 is 18.3 Å². The maximum absolute atomic E-state index is 13.7. The molecule has 1 aliphatic carbocycles. The molecule has 0 spiro atoms. The summed E-state index contributed by atoms with van der Waals surface area (Å²) in [5.41, 5.74) is 0.0523. The maximum Gasteiger partial charge on any atom is 0.497 e. The minimum Gasteiger partial charge on any atom is -0.399 e. The Morgan fingerprint density at radius 3 is 2.35 bits per heavy atom. The minimum atomic E-state index is -0.701. The molecule has 1 saturated carbocycles. The number of anilines is 1. The van der Waals surface area contributed by atoms with Gasteiger partial charge in [-0.25, -0.2) is 4.39 Å². The summed E-state index contributed by atoms with van der Waals surface area (Å²) in [6.07, 6.45) is 2.92. The summed E-state index contributed by atoms with van der Waals surface area (Å²) in [6, 6.07) is 4.29. The van der Waals surface area contributed by atoms with Gasteiger partial charge in [-0.05, 0) is 58.7 Å². The van der Waals surface area contributed by atoms with Gasteiger partial charge in [-0.2, -0.15) is 0 Å². The Balaban J connectivity index is 1.86. The van der Waals surface area contributed by atoms with Crippen LogP contribution in [0.3, 0.4) is 0 Å². The molecule has 23 heavy (non-hydrogen) atoms. The molecule has 124 valence electrons. The highest BCUT2D eigenvalue weighted by molar-refractivity contribution is 6.64. The van der Waals surface area contributed by atoms with Crippen molar-refractivity contribution in [2.24, 2.45) is 5.92 Å². The van der Waals surface area contributed by atoms with Gasteiger partial charge in [0.2, 0.25) is 5.91 Å². The van der Waals surface area contributed by atoms with Gasteiger partial charge in [0.25, 0.3) is 0 Å². The van der Waals surface area contributed by atoms with Crippen LogP contribution < -0.4 is 10.8 Å². The molecule has 0 atom stereocenters. The number of halogens is 1. The topological polar surface area (TPSA) is 47.6 Å². The van der Waals surface area contributed by atoms with Crippen molar-refractivity contribution < 1.29 is 18.5 Å². The van der Waals surface area contributed by atoms with Crippen molar-refractivity contribution in [3.63, 3.8) is 0 Å². The Labute approximate surface area is 136 Å². The van der Waals surface area contributed by atoms with Crippen molar-refractivity contribution >= 4 is 24.2 Å². The van der Waals surface area contributed by atoms with E-state index in [0.29, 0.717) is 11.2 Å². The molecule has 6 heteroatoms. The van der Waals surface area contributed by atoms with Crippen molar-refractivity contribution in [3.05, 3.63) is 24.0 Å². The molecule has 2 aliphatic rings. The second kappa shape index (κ2) is 5.60. The van der Waals surface area contributed by atoms with Crippen LogP contribution in [0.4, 0.5) is 10.1 Å². The fourth-order valence-electron chi connectivity index (χ4n) is 2.72. The van der Waals surface area contributed by atoms with Crippen LogP contribution in [0, 0.1) is 11.7 Å². The van der Waals surface area contributed by atoms with Crippen LogP contribution in [-0.4, -0.2) is 24.2 Å². The van der Waals surface area contributed by atoms with E-state index in [2.05, 4.69) is 5.32 Å². The third kappa shape index (κ3) is 3.02. The van der Waals surface area contributed by atoms with Crippen LogP contribution in [0.15, 0.2) is 18.2 Å². The third-order valence-electron chi connectivity index (χ3n) is 5.25. The van der Waals surface area contributed by atoms with Crippen LogP contribution in [0.5, 0.6) is 0 Å². The Morgan fingerprint density at radius 1 is 1.22 bits per heavy atom. The fourth-order valence-corrected chi connectivity index (χ4v) is 2.72. The lowest BCUT2D eigenvalue weighted by atomic mass is 9.77. The van der Waals surface area contributed by atoms with E-state index in [-0.39, 0.29) is 17.6 Å². The zero-order valence-corrected chi connectivity index (χ0v) is 14.1. The van der Waals surface area contributed by atoms with Gasteiger partial charge in [0.1, 0.15) is 5.82 Å². The van der Waals surface area contributed by atoms with Crippen LogP contribution in [0.2, 0.25) is 0 Å². The van der Waals surface area contributed by atoms with E-state index in [9.17, 15) is 9.18 Å². The van der Waals surface area contributed by atoms with Gasteiger partial charge in [0.05, 0.1) is 11.2 Å². The smallest absolute Gasteiger partial charge is 0.399 e. The van der Waals surface area contributed by atoms with Gasteiger partial charge in [0.15, 0.2) is 0 Å². The first-order chi connectivity index (χ1) is 10.7. The van der Waals surface area contributed by atoms with Crippen molar-refractivity contribution in [2.75, 3.05) is 5.32 Å². The summed E-state index contributed by atoms with van der Waals surface area (Å²) in [5.74, 6) is -0.330. The molecule has 0 bridgehead atoms. The zero-order valence-electron chi connectivity index (χ0n) is 14.1. The highest BCUT2D eigenvalue weighted by Gasteiger charge is 2.52. The van der Waals surface area contributed by atoms with Gasteiger partial charge >= 0.3 is 7.12 Å². The average Bonchev–Trinajstić information content (AvgIpc) is 2.58. The predicted molar refractivity (Wildman–Crippen MR) is 88.1 cm³/mol. The zero-order chi connectivity index (χ0) is 16.8. The summed E-state index contributed by atoms with van der Waals surface area (Å²) >= 11 is 0. The van der Waals surface area contributed by atoms with Gasteiger partial charge < -0.3 is 14.6 Å². The molecule has 1 amide bonds. The lowest BCUT2D eigenvalue weighted by Crippen LogP contribution is -2.41. The van der Waals surface area contributed by atoms with E-state index in [1.807, 2.05) is 27.7 Å². The average molecular weight is 319 g/mol. The summed E-state index contributed by atoms with van der Waals surface area (Å²) < 4.78 is 25.7. The second-order valence-corrected chi connectivity index (χ2v) is 7.44. The van der Waals surface area contributed by atoms with Crippen molar-refractivity contribution in [3.8, 4) is 0 Å². The van der Waals surface area contributed by atoms with Crippen LogP contribution in [0.1, 0.15) is 47.0 Å². The normalized spacial score (nSPS) is 22.7. The number of hydrogen-bond donors (Lipinski definition) is 1. The molecule has 0 aromatic heterocycles. The van der Waals surface area contributed by atoms with Gasteiger partial charge in [-0.15, -0.1) is 0 Å². The Morgan fingerprint density at radius 2 is 1.83 bits per heavy atom. The van der Waals surface area contributed by atoms with Gasteiger partial charge in [-0.3, -0.25) is 4.79 Å². The first kappa shape index (κ1) is 16.5. The van der Waals surface area contributed by atoms with E-state index >= 15 is 0 Å². The standard InChI is InChI=1S/C17H23BFNO3/c1-16(2)17(3,4)23-18(22-16)13-10-12(19)8-9-14(13)20-15(21)11-6-5-7-11/h8-11H,5-7H2,1-4H3,(H,20,21). The number of carbonyl (C=O) groups is 1. The summed E-state index contributed by atoms with van der Waals surface area (Å²) in [6.45, 7) is 7.77. The molecule has 4 nitrogen and oxygen atoms in total. The number of hydrogen-bond acceptors (Lipinski definition) is 3. The lowest BCUT2D eigenvalue weighted by Gasteiger charge is -2.32. The predicted octanol–water partition coefficient (Wildman–Crippen LogP) is 2.86. The summed E-state index contributed by atoms with van der Waals surface area (Å²) in [4.78, 5) is 12.2. The van der Waals surface area contributed by atoms with Crippen molar-refractivity contribution in [1.29, 1.82) is 0 Å². The van der Waals surface area contributed by atoms with Crippen molar-refractivity contribution in [2.45, 2.75) is 58.2 Å². The highest BCUT2D eigenvalue weighted by atomic mass is 19.1. The van der Waals surface area contributed by atoms with E-state index in [1.165, 1.54) is 12.1 Å². The van der Waals surface area contributed by atoms with E-state index in [1.54, 1.807) is 6.07 Å². The van der Waals surface area contributed by atoms with Crippen LogP contribution in [-0.2, 0) is 14.1 Å². The Bertz CT molecular complexity index is 612. The summed E-state index contributed by atoms with van der Waals surface area (Å²) in [5, 5.41) is 2.91. The monoisotopic (exact) mass is 319 g/mol. The third-order valence-corrected chi connectivity index (χ3v) is 5.25. The molecular weight excluding hydrogens is 296 g/mol. The molecule has 1 aromatic carbocycles. The van der Waals surface area contributed by atoms with Gasteiger partial charge in [0, 0.05) is 17.1 Å². The molecule has 1 aromatic rings. The molecule has 0 unspecified atom stereocenters. The number of amides is 1. The van der Waals surface area contributed by atoms with E-state index in [0.717, 1.165) is 19.3 Å². The van der Waals surface area contributed by atoms with Crippen LogP contribution >= 0.6 is 0 Å². The SMILES string of the molecule is CC1(C)OB(c2cc(F)ccc2NC(=O)C2CCC2)OC1(C)C. The lowest BCUT2D eigenvalue weighted by molar-refractivity contribution is -0.122. The largest absolute Gasteiger partial charge is 0.497 e. The molecule has 1 heterocycles. The Hall–Kier alpha value is -1.40. The van der Waals surface area contributed by atoms with Gasteiger partial charge in [-0.1, -0.05) is 6.42 Å².